The molecule has 2 aromatic heterocycles. The van der Waals surface area contributed by atoms with E-state index in [1.165, 1.54) is 0 Å². The maximum Gasteiger partial charge on any atom is 0.189 e. The van der Waals surface area contributed by atoms with Crippen molar-refractivity contribution in [1.29, 1.82) is 0 Å². The molecule has 0 aliphatic rings. The maximum atomic E-state index is 4.34. The predicted molar refractivity (Wildman–Crippen MR) is 59.6 cm³/mol. The molecule has 0 bridgehead atoms. The molecule has 0 radical (unpaired) electrons. The molecule has 78 valence electrons. The Bertz CT molecular complexity index is 418. The molecule has 0 spiro atoms. The van der Waals surface area contributed by atoms with Crippen molar-refractivity contribution >= 4 is 11.8 Å². The van der Waals surface area contributed by atoms with E-state index in [0.29, 0.717) is 0 Å². The van der Waals surface area contributed by atoms with E-state index in [0.717, 1.165) is 22.4 Å². The molecule has 5 heteroatoms. The fourth-order valence-corrected chi connectivity index (χ4v) is 2.08. The van der Waals surface area contributed by atoms with Crippen molar-refractivity contribution in [1.82, 2.24) is 19.7 Å². The number of hydrogen-bond donors (Lipinski definition) is 0. The van der Waals surface area contributed by atoms with Crippen LogP contribution in [0.15, 0.2) is 29.7 Å². The van der Waals surface area contributed by atoms with Gasteiger partial charge in [-0.05, 0) is 26.0 Å². The molecule has 2 aromatic rings. The molecule has 0 saturated heterocycles. The van der Waals surface area contributed by atoms with Crippen LogP contribution >= 0.6 is 11.8 Å². The van der Waals surface area contributed by atoms with Gasteiger partial charge in [-0.1, -0.05) is 11.8 Å². The standard InChI is InChI=1S/C10H12N4S/c1-8-6-9(2)13-10(12-8)15-7-14-5-3-4-11-14/h3-6H,7H2,1-2H3. The quantitative estimate of drug-likeness (QED) is 0.586. The van der Waals surface area contributed by atoms with E-state index in [2.05, 4.69) is 15.1 Å². The van der Waals surface area contributed by atoms with Crippen LogP contribution in [-0.2, 0) is 5.88 Å². The highest BCUT2D eigenvalue weighted by atomic mass is 32.2. The zero-order valence-electron chi connectivity index (χ0n) is 8.71. The fraction of sp³-hybridized carbons (Fsp3) is 0.300. The maximum absolute atomic E-state index is 4.34. The van der Waals surface area contributed by atoms with E-state index in [9.17, 15) is 0 Å². The third-order valence-electron chi connectivity index (χ3n) is 1.85. The van der Waals surface area contributed by atoms with Gasteiger partial charge < -0.3 is 0 Å². The molecule has 0 atom stereocenters. The Hall–Kier alpha value is -1.36. The van der Waals surface area contributed by atoms with E-state index in [1.807, 2.05) is 36.9 Å². The van der Waals surface area contributed by atoms with Gasteiger partial charge in [0, 0.05) is 23.8 Å². The van der Waals surface area contributed by atoms with Crippen LogP contribution in [-0.4, -0.2) is 19.7 Å². The second-order valence-electron chi connectivity index (χ2n) is 3.25. The lowest BCUT2D eigenvalue weighted by Gasteiger charge is -2.02. The molecule has 2 heterocycles. The average Bonchev–Trinajstić information content (AvgIpc) is 2.65. The van der Waals surface area contributed by atoms with Gasteiger partial charge in [0.2, 0.25) is 0 Å². The first-order valence-corrected chi connectivity index (χ1v) is 5.65. The van der Waals surface area contributed by atoms with E-state index in [-0.39, 0.29) is 0 Å². The van der Waals surface area contributed by atoms with Crippen LogP contribution in [0.2, 0.25) is 0 Å². The lowest BCUT2D eigenvalue weighted by Crippen LogP contribution is -1.97. The Morgan fingerprint density at radius 1 is 1.27 bits per heavy atom. The first kappa shape index (κ1) is 10.2. The monoisotopic (exact) mass is 220 g/mol. The summed E-state index contributed by atoms with van der Waals surface area (Å²) in [4.78, 5) is 8.69. The Kier molecular flexibility index (Phi) is 3.01. The Labute approximate surface area is 92.8 Å². The van der Waals surface area contributed by atoms with Crippen LogP contribution in [0.3, 0.4) is 0 Å². The second kappa shape index (κ2) is 4.44. The van der Waals surface area contributed by atoms with Crippen molar-refractivity contribution in [2.45, 2.75) is 24.9 Å². The summed E-state index contributed by atoms with van der Waals surface area (Å²) in [5.41, 5.74) is 2.01. The van der Waals surface area contributed by atoms with Crippen molar-refractivity contribution in [2.75, 3.05) is 0 Å². The number of thioether (sulfide) groups is 1. The first-order valence-electron chi connectivity index (χ1n) is 4.66. The molecular weight excluding hydrogens is 208 g/mol. The molecule has 0 N–H and O–H groups in total. The van der Waals surface area contributed by atoms with Gasteiger partial charge >= 0.3 is 0 Å². The molecule has 0 unspecified atom stereocenters. The minimum absolute atomic E-state index is 0.746. The summed E-state index contributed by atoms with van der Waals surface area (Å²) in [5.74, 6) is 0.746. The summed E-state index contributed by atoms with van der Waals surface area (Å²) in [6.07, 6.45) is 3.69. The number of hydrogen-bond acceptors (Lipinski definition) is 4. The molecule has 2 rings (SSSR count). The minimum Gasteiger partial charge on any atom is -0.262 e. The summed E-state index contributed by atoms with van der Waals surface area (Å²) in [6, 6.07) is 3.88. The summed E-state index contributed by atoms with van der Waals surface area (Å²) < 4.78 is 1.85. The minimum atomic E-state index is 0.746. The van der Waals surface area contributed by atoms with Crippen molar-refractivity contribution in [3.8, 4) is 0 Å². The highest BCUT2D eigenvalue weighted by Crippen LogP contribution is 2.15. The van der Waals surface area contributed by atoms with Gasteiger partial charge in [0.1, 0.15) is 0 Å². The van der Waals surface area contributed by atoms with Crippen LogP contribution in [0.5, 0.6) is 0 Å². The summed E-state index contributed by atoms with van der Waals surface area (Å²) in [7, 11) is 0. The van der Waals surface area contributed by atoms with E-state index < -0.39 is 0 Å². The number of aromatic nitrogens is 4. The molecule has 0 saturated carbocycles. The zero-order chi connectivity index (χ0) is 10.7. The molecular formula is C10H12N4S. The van der Waals surface area contributed by atoms with E-state index >= 15 is 0 Å². The van der Waals surface area contributed by atoms with Crippen LogP contribution in [0.4, 0.5) is 0 Å². The van der Waals surface area contributed by atoms with Crippen molar-refractivity contribution < 1.29 is 0 Å². The highest BCUT2D eigenvalue weighted by molar-refractivity contribution is 7.98. The van der Waals surface area contributed by atoms with Gasteiger partial charge in [-0.15, -0.1) is 0 Å². The molecule has 15 heavy (non-hydrogen) atoms. The highest BCUT2D eigenvalue weighted by Gasteiger charge is 2.00. The topological polar surface area (TPSA) is 43.6 Å². The van der Waals surface area contributed by atoms with Crippen LogP contribution in [0, 0.1) is 13.8 Å². The van der Waals surface area contributed by atoms with Gasteiger partial charge in [0.25, 0.3) is 0 Å². The molecule has 0 aromatic carbocycles. The fourth-order valence-electron chi connectivity index (χ4n) is 1.26. The number of aryl methyl sites for hydroxylation is 2. The summed E-state index contributed by atoms with van der Waals surface area (Å²) in [6.45, 7) is 3.96. The van der Waals surface area contributed by atoms with Gasteiger partial charge in [-0.25, -0.2) is 9.97 Å². The van der Waals surface area contributed by atoms with Gasteiger partial charge in [0.15, 0.2) is 5.16 Å². The smallest absolute Gasteiger partial charge is 0.189 e. The molecule has 0 aliphatic heterocycles. The van der Waals surface area contributed by atoms with Gasteiger partial charge in [0.05, 0.1) is 5.88 Å². The number of rotatable bonds is 3. The van der Waals surface area contributed by atoms with Gasteiger partial charge in [-0.2, -0.15) is 5.10 Å². The Balaban J connectivity index is 2.05. The van der Waals surface area contributed by atoms with Crippen molar-refractivity contribution in [2.24, 2.45) is 0 Å². The lowest BCUT2D eigenvalue weighted by molar-refractivity contribution is 0.746. The molecule has 4 nitrogen and oxygen atoms in total. The lowest BCUT2D eigenvalue weighted by atomic mass is 10.4. The Morgan fingerprint density at radius 2 is 2.00 bits per heavy atom. The largest absolute Gasteiger partial charge is 0.262 e. The average molecular weight is 220 g/mol. The van der Waals surface area contributed by atoms with Crippen LogP contribution in [0.25, 0.3) is 0 Å². The Morgan fingerprint density at radius 3 is 2.60 bits per heavy atom. The predicted octanol–water partition coefficient (Wildman–Crippen LogP) is 2.04. The number of nitrogens with zero attached hydrogens (tertiary/aromatic N) is 4. The normalized spacial score (nSPS) is 10.5. The first-order chi connectivity index (χ1) is 7.24. The van der Waals surface area contributed by atoms with Crippen LogP contribution < -0.4 is 0 Å². The van der Waals surface area contributed by atoms with E-state index in [1.54, 1.807) is 18.0 Å². The summed E-state index contributed by atoms with van der Waals surface area (Å²) in [5, 5.41) is 4.92. The van der Waals surface area contributed by atoms with Crippen molar-refractivity contribution in [3.63, 3.8) is 0 Å². The van der Waals surface area contributed by atoms with Crippen molar-refractivity contribution in [3.05, 3.63) is 35.9 Å². The van der Waals surface area contributed by atoms with Gasteiger partial charge in [-0.3, -0.25) is 4.68 Å². The zero-order valence-corrected chi connectivity index (χ0v) is 9.53. The molecule has 0 amide bonds. The SMILES string of the molecule is Cc1cc(C)nc(SCn2cccn2)n1. The molecule has 0 aliphatic carbocycles. The molecule has 0 fully saturated rings. The third-order valence-corrected chi connectivity index (χ3v) is 2.68. The summed E-state index contributed by atoms with van der Waals surface area (Å²) >= 11 is 1.58. The third kappa shape index (κ3) is 2.79. The second-order valence-corrected chi connectivity index (χ2v) is 4.16. The van der Waals surface area contributed by atoms with Crippen LogP contribution in [0.1, 0.15) is 11.4 Å². The van der Waals surface area contributed by atoms with E-state index in [4.69, 9.17) is 0 Å².